The van der Waals surface area contributed by atoms with E-state index in [2.05, 4.69) is 17.4 Å². The van der Waals surface area contributed by atoms with Crippen molar-refractivity contribution in [3.05, 3.63) is 71.0 Å². The first-order valence-electron chi connectivity index (χ1n) is 12.2. The lowest BCUT2D eigenvalue weighted by Gasteiger charge is -2.23. The Bertz CT molecular complexity index is 1140. The second-order valence-corrected chi connectivity index (χ2v) is 9.40. The number of phenolic OH excluding ortho intramolecular Hbond substituents is 1. The van der Waals surface area contributed by atoms with Gasteiger partial charge in [-0.15, -0.1) is 0 Å². The van der Waals surface area contributed by atoms with Crippen molar-refractivity contribution in [1.82, 2.24) is 9.97 Å². The highest BCUT2D eigenvalue weighted by Crippen LogP contribution is 2.35. The molecule has 1 saturated carbocycles. The van der Waals surface area contributed by atoms with Gasteiger partial charge in [0.2, 0.25) is 5.91 Å². The first kappa shape index (κ1) is 21.6. The number of fused-ring (bicyclic) bond motifs is 3. The van der Waals surface area contributed by atoms with E-state index in [-0.39, 0.29) is 11.7 Å². The van der Waals surface area contributed by atoms with E-state index >= 15 is 0 Å². The van der Waals surface area contributed by atoms with Gasteiger partial charge in [-0.2, -0.15) is 0 Å². The van der Waals surface area contributed by atoms with Crippen molar-refractivity contribution < 1.29 is 9.90 Å². The van der Waals surface area contributed by atoms with Crippen molar-refractivity contribution >= 4 is 11.7 Å². The molecule has 5 heteroatoms. The number of hydrogen-bond acceptors (Lipinski definition) is 4. The molecule has 0 unspecified atom stereocenters. The summed E-state index contributed by atoms with van der Waals surface area (Å²) in [5.74, 6) is 1.43. The molecule has 0 atom stereocenters. The molecule has 0 saturated heterocycles. The van der Waals surface area contributed by atoms with Gasteiger partial charge >= 0.3 is 0 Å². The molecule has 5 rings (SSSR count). The Hall–Kier alpha value is -3.21. The second kappa shape index (κ2) is 9.74. The fourth-order valence-electron chi connectivity index (χ4n) is 5.18. The number of hydrogen-bond donors (Lipinski definition) is 2. The van der Waals surface area contributed by atoms with Crippen molar-refractivity contribution in [2.75, 3.05) is 5.32 Å². The van der Waals surface area contributed by atoms with Crippen molar-refractivity contribution in [3.8, 4) is 17.0 Å². The summed E-state index contributed by atoms with van der Waals surface area (Å²) in [6.45, 7) is 0. The number of aromatic hydroxyl groups is 1. The molecule has 1 heterocycles. The van der Waals surface area contributed by atoms with Crippen molar-refractivity contribution in [2.24, 2.45) is 5.92 Å². The standard InChI is InChI=1S/C28H31N3O2/c32-22-13-14-23-21(18-22)12-16-24-27(23)29-25(15-11-19-7-3-1-4-8-19)28(30-24)31-26(33)17-20-9-5-2-6-10-20/h1,3-4,7-8,13-14,18,20,32H,2,5-6,9-12,15-17H2,(H,30,31,33). The van der Waals surface area contributed by atoms with Gasteiger partial charge in [0.15, 0.2) is 5.82 Å². The highest BCUT2D eigenvalue weighted by Gasteiger charge is 2.24. The summed E-state index contributed by atoms with van der Waals surface area (Å²) in [5, 5.41) is 13.0. The molecular weight excluding hydrogens is 410 g/mol. The number of carbonyl (C=O) groups excluding carboxylic acids is 1. The number of amides is 1. The van der Waals surface area contributed by atoms with Crippen LogP contribution in [0.15, 0.2) is 48.5 Å². The number of phenols is 1. The maximum Gasteiger partial charge on any atom is 0.225 e. The van der Waals surface area contributed by atoms with Crippen LogP contribution >= 0.6 is 0 Å². The van der Waals surface area contributed by atoms with Gasteiger partial charge in [0, 0.05) is 12.0 Å². The van der Waals surface area contributed by atoms with Crippen molar-refractivity contribution in [1.29, 1.82) is 0 Å². The SMILES string of the molecule is O=C(CC1CCCCC1)Nc1nc2c(nc1CCc1ccccc1)-c1ccc(O)cc1CC2. The number of nitrogens with zero attached hydrogens (tertiary/aromatic N) is 2. The van der Waals surface area contributed by atoms with Gasteiger partial charge in [-0.25, -0.2) is 9.97 Å². The van der Waals surface area contributed by atoms with Crippen LogP contribution in [0, 0.1) is 5.92 Å². The lowest BCUT2D eigenvalue weighted by atomic mass is 9.87. The van der Waals surface area contributed by atoms with E-state index in [9.17, 15) is 9.90 Å². The van der Waals surface area contributed by atoms with Crippen molar-refractivity contribution in [3.63, 3.8) is 0 Å². The van der Waals surface area contributed by atoms with Crippen LogP contribution in [0.3, 0.4) is 0 Å². The molecule has 5 nitrogen and oxygen atoms in total. The lowest BCUT2D eigenvalue weighted by molar-refractivity contribution is -0.117. The highest BCUT2D eigenvalue weighted by molar-refractivity contribution is 5.90. The summed E-state index contributed by atoms with van der Waals surface area (Å²) < 4.78 is 0. The van der Waals surface area contributed by atoms with E-state index in [1.54, 1.807) is 6.07 Å². The Balaban J connectivity index is 1.43. The zero-order chi connectivity index (χ0) is 22.6. The largest absolute Gasteiger partial charge is 0.508 e. The lowest BCUT2D eigenvalue weighted by Crippen LogP contribution is -2.21. The number of anilines is 1. The zero-order valence-electron chi connectivity index (χ0n) is 19.0. The molecule has 1 aromatic heterocycles. The quantitative estimate of drug-likeness (QED) is 0.519. The monoisotopic (exact) mass is 441 g/mol. The molecule has 2 aliphatic rings. The first-order valence-corrected chi connectivity index (χ1v) is 12.2. The van der Waals surface area contributed by atoms with E-state index in [4.69, 9.17) is 9.97 Å². The van der Waals surface area contributed by atoms with Gasteiger partial charge in [-0.1, -0.05) is 49.6 Å². The summed E-state index contributed by atoms with van der Waals surface area (Å²) in [5.41, 5.74) is 5.99. The Labute approximate surface area is 195 Å². The summed E-state index contributed by atoms with van der Waals surface area (Å²) in [4.78, 5) is 22.9. The van der Waals surface area contributed by atoms with Gasteiger partial charge < -0.3 is 10.4 Å². The predicted molar refractivity (Wildman–Crippen MR) is 130 cm³/mol. The molecule has 2 N–H and O–H groups in total. The minimum Gasteiger partial charge on any atom is -0.508 e. The fraction of sp³-hybridized carbons (Fsp3) is 0.393. The highest BCUT2D eigenvalue weighted by atomic mass is 16.3. The number of rotatable bonds is 6. The van der Waals surface area contributed by atoms with Gasteiger partial charge in [0.05, 0.1) is 17.1 Å². The smallest absolute Gasteiger partial charge is 0.225 e. The van der Waals surface area contributed by atoms with Crippen LogP contribution in [-0.2, 0) is 30.5 Å². The van der Waals surface area contributed by atoms with E-state index < -0.39 is 0 Å². The minimum absolute atomic E-state index is 0.0539. The molecule has 1 fully saturated rings. The molecule has 170 valence electrons. The van der Waals surface area contributed by atoms with Crippen LogP contribution in [0.25, 0.3) is 11.3 Å². The topological polar surface area (TPSA) is 75.1 Å². The van der Waals surface area contributed by atoms with Crippen LogP contribution in [0.1, 0.15) is 61.0 Å². The van der Waals surface area contributed by atoms with E-state index in [0.717, 1.165) is 60.3 Å². The van der Waals surface area contributed by atoms with E-state index in [0.29, 0.717) is 24.6 Å². The third-order valence-electron chi connectivity index (χ3n) is 6.97. The number of aromatic nitrogens is 2. The minimum atomic E-state index is 0.0539. The molecule has 0 aliphatic heterocycles. The summed E-state index contributed by atoms with van der Waals surface area (Å²) in [6.07, 6.45) is 9.71. The van der Waals surface area contributed by atoms with Crippen LogP contribution in [-0.4, -0.2) is 21.0 Å². The predicted octanol–water partition coefficient (Wildman–Crippen LogP) is 5.64. The molecule has 0 radical (unpaired) electrons. The normalized spacial score (nSPS) is 15.5. The first-order chi connectivity index (χ1) is 16.2. The molecule has 3 aromatic rings. The van der Waals surface area contributed by atoms with Gasteiger partial charge in [-0.05, 0) is 73.8 Å². The maximum absolute atomic E-state index is 12.9. The van der Waals surface area contributed by atoms with Gasteiger partial charge in [0.25, 0.3) is 0 Å². The molecule has 2 aliphatic carbocycles. The van der Waals surface area contributed by atoms with Crippen LogP contribution < -0.4 is 5.32 Å². The molecule has 0 spiro atoms. The van der Waals surface area contributed by atoms with Crippen LogP contribution in [0.5, 0.6) is 5.75 Å². The molecule has 0 bridgehead atoms. The Kier molecular flexibility index (Phi) is 6.38. The summed E-state index contributed by atoms with van der Waals surface area (Å²) >= 11 is 0. The Morgan fingerprint density at radius 1 is 0.970 bits per heavy atom. The van der Waals surface area contributed by atoms with Crippen LogP contribution in [0.4, 0.5) is 5.82 Å². The van der Waals surface area contributed by atoms with E-state index in [1.807, 2.05) is 30.3 Å². The molecule has 1 amide bonds. The molecular formula is C28H31N3O2. The van der Waals surface area contributed by atoms with Crippen LogP contribution in [0.2, 0.25) is 0 Å². The second-order valence-electron chi connectivity index (χ2n) is 9.40. The maximum atomic E-state index is 12.9. The number of nitrogens with one attached hydrogen (secondary N) is 1. The van der Waals surface area contributed by atoms with Crippen molar-refractivity contribution in [2.45, 2.75) is 64.2 Å². The average molecular weight is 442 g/mol. The molecule has 2 aromatic carbocycles. The number of benzene rings is 2. The van der Waals surface area contributed by atoms with Gasteiger partial charge in [-0.3, -0.25) is 4.79 Å². The number of carbonyl (C=O) groups is 1. The zero-order valence-corrected chi connectivity index (χ0v) is 19.0. The third kappa shape index (κ3) is 5.08. The average Bonchev–Trinajstić information content (AvgIpc) is 2.83. The summed E-state index contributed by atoms with van der Waals surface area (Å²) in [7, 11) is 0. The third-order valence-corrected chi connectivity index (χ3v) is 6.97. The Morgan fingerprint density at radius 2 is 1.79 bits per heavy atom. The Morgan fingerprint density at radius 3 is 2.61 bits per heavy atom. The number of aryl methyl sites for hydroxylation is 4. The van der Waals surface area contributed by atoms with E-state index in [1.165, 1.54) is 24.8 Å². The molecule has 33 heavy (non-hydrogen) atoms. The summed E-state index contributed by atoms with van der Waals surface area (Å²) in [6, 6.07) is 15.8. The fourth-order valence-corrected chi connectivity index (χ4v) is 5.18. The van der Waals surface area contributed by atoms with Gasteiger partial charge in [0.1, 0.15) is 5.75 Å².